The summed E-state index contributed by atoms with van der Waals surface area (Å²) >= 11 is 12.1. The van der Waals surface area contributed by atoms with Gasteiger partial charge < -0.3 is 15.2 Å². The molecule has 2 amide bonds. The van der Waals surface area contributed by atoms with Gasteiger partial charge in [-0.25, -0.2) is 4.98 Å². The summed E-state index contributed by atoms with van der Waals surface area (Å²) in [4.78, 5) is 30.4. The van der Waals surface area contributed by atoms with E-state index in [1.54, 1.807) is 12.1 Å². The van der Waals surface area contributed by atoms with Gasteiger partial charge in [-0.15, -0.1) is 0 Å². The fraction of sp³-hybridized carbons (Fsp3) is 0.160. The minimum Gasteiger partial charge on any atom is -0.342 e. The topological polar surface area (TPSA) is 76.0 Å². The lowest BCUT2D eigenvalue weighted by molar-refractivity contribution is -0.116. The molecule has 6 nitrogen and oxygen atoms in total. The molecule has 0 unspecified atom stereocenters. The first-order valence-corrected chi connectivity index (χ1v) is 11.2. The van der Waals surface area contributed by atoms with Crippen molar-refractivity contribution in [3.8, 4) is 0 Å². The van der Waals surface area contributed by atoms with Gasteiger partial charge in [0, 0.05) is 10.7 Å². The van der Waals surface area contributed by atoms with Gasteiger partial charge in [0.25, 0.3) is 5.91 Å². The van der Waals surface area contributed by atoms with Crippen LogP contribution in [0.3, 0.4) is 0 Å². The maximum Gasteiger partial charge on any atom is 0.253 e. The van der Waals surface area contributed by atoms with Gasteiger partial charge in [0.1, 0.15) is 12.4 Å². The van der Waals surface area contributed by atoms with Crippen LogP contribution in [0.1, 0.15) is 34.7 Å². The first kappa shape index (κ1) is 22.8. The van der Waals surface area contributed by atoms with E-state index >= 15 is 0 Å². The molecule has 0 aliphatic rings. The van der Waals surface area contributed by atoms with Crippen molar-refractivity contribution >= 4 is 51.7 Å². The lowest BCUT2D eigenvalue weighted by atomic mass is 10.2. The Bertz CT molecular complexity index is 1350. The van der Waals surface area contributed by atoms with Gasteiger partial charge in [-0.05, 0) is 55.8 Å². The number of carbonyl (C=O) groups is 2. The van der Waals surface area contributed by atoms with Crippen LogP contribution in [0.15, 0.2) is 66.7 Å². The molecule has 1 aromatic heterocycles. The van der Waals surface area contributed by atoms with Crippen molar-refractivity contribution in [2.24, 2.45) is 0 Å². The number of fused-ring (bicyclic) bond motifs is 1. The number of imidazole rings is 1. The average Bonchev–Trinajstić information content (AvgIpc) is 3.14. The Hall–Kier alpha value is -3.35. The van der Waals surface area contributed by atoms with Crippen LogP contribution >= 0.6 is 23.2 Å². The summed E-state index contributed by atoms with van der Waals surface area (Å²) in [6.07, 6.45) is 0. The van der Waals surface area contributed by atoms with Gasteiger partial charge in [0.2, 0.25) is 5.91 Å². The lowest BCUT2D eigenvalue weighted by Gasteiger charge is -2.17. The lowest BCUT2D eigenvalue weighted by Crippen LogP contribution is -2.30. The number of para-hydroxylation sites is 3. The molecule has 0 aliphatic carbocycles. The monoisotopic (exact) mass is 480 g/mol. The van der Waals surface area contributed by atoms with Crippen molar-refractivity contribution in [2.75, 3.05) is 5.32 Å². The number of hydrogen-bond acceptors (Lipinski definition) is 3. The third-order valence-electron chi connectivity index (χ3n) is 5.32. The number of aromatic nitrogens is 2. The van der Waals surface area contributed by atoms with Crippen LogP contribution in [0.2, 0.25) is 10.0 Å². The van der Waals surface area contributed by atoms with Crippen LogP contribution in [0.5, 0.6) is 0 Å². The summed E-state index contributed by atoms with van der Waals surface area (Å²) in [7, 11) is 0. The van der Waals surface area contributed by atoms with Crippen LogP contribution in [-0.2, 0) is 11.3 Å². The fourth-order valence-electron chi connectivity index (χ4n) is 3.65. The molecular formula is C25H22Cl2N4O2. The van der Waals surface area contributed by atoms with Crippen molar-refractivity contribution in [2.45, 2.75) is 26.4 Å². The summed E-state index contributed by atoms with van der Waals surface area (Å²) in [5, 5.41) is 6.59. The first-order valence-electron chi connectivity index (χ1n) is 10.4. The van der Waals surface area contributed by atoms with Gasteiger partial charge >= 0.3 is 0 Å². The molecule has 168 valence electrons. The molecule has 0 saturated carbocycles. The van der Waals surface area contributed by atoms with E-state index in [0.717, 1.165) is 22.3 Å². The first-order chi connectivity index (χ1) is 15.8. The number of anilines is 1. The number of aryl methyl sites for hydroxylation is 1. The van der Waals surface area contributed by atoms with E-state index in [1.165, 1.54) is 6.07 Å². The second kappa shape index (κ2) is 9.65. The predicted molar refractivity (Wildman–Crippen MR) is 132 cm³/mol. The SMILES string of the molecule is Cc1ccccc1NC(=O)Cn1c([C@H](C)NC(=O)c2ccc(Cl)cc2Cl)nc2ccccc21. The van der Waals surface area contributed by atoms with Crippen LogP contribution in [-0.4, -0.2) is 21.4 Å². The maximum absolute atomic E-state index is 12.9. The van der Waals surface area contributed by atoms with E-state index < -0.39 is 6.04 Å². The van der Waals surface area contributed by atoms with Gasteiger partial charge in [-0.1, -0.05) is 53.5 Å². The van der Waals surface area contributed by atoms with Crippen molar-refractivity contribution in [3.05, 3.63) is 93.7 Å². The van der Waals surface area contributed by atoms with Crippen molar-refractivity contribution in [1.29, 1.82) is 0 Å². The number of halogens is 2. The molecule has 2 N–H and O–H groups in total. The molecule has 0 radical (unpaired) electrons. The Labute approximate surface area is 201 Å². The zero-order chi connectivity index (χ0) is 23.5. The van der Waals surface area contributed by atoms with E-state index in [9.17, 15) is 9.59 Å². The molecule has 4 aromatic rings. The summed E-state index contributed by atoms with van der Waals surface area (Å²) in [5.41, 5.74) is 3.59. The number of rotatable bonds is 6. The third-order valence-corrected chi connectivity index (χ3v) is 5.86. The maximum atomic E-state index is 12.9. The fourth-order valence-corrected chi connectivity index (χ4v) is 4.14. The standard InChI is InChI=1S/C25H22Cl2N4O2/c1-15-7-3-4-8-20(15)29-23(32)14-31-22-10-6-5-9-21(22)30-24(31)16(2)28-25(33)18-12-11-17(26)13-19(18)27/h3-13,16H,14H2,1-2H3,(H,28,33)(H,29,32)/t16-/m0/s1. The van der Waals surface area contributed by atoms with E-state index in [2.05, 4.69) is 15.6 Å². The molecule has 0 fully saturated rings. The normalized spacial score (nSPS) is 11.9. The molecule has 0 bridgehead atoms. The highest BCUT2D eigenvalue weighted by Gasteiger charge is 2.21. The molecule has 0 spiro atoms. The summed E-state index contributed by atoms with van der Waals surface area (Å²) < 4.78 is 1.82. The summed E-state index contributed by atoms with van der Waals surface area (Å²) in [6, 6.07) is 19.4. The predicted octanol–water partition coefficient (Wildman–Crippen LogP) is 5.78. The minimum absolute atomic E-state index is 0.0477. The molecule has 0 aliphatic heterocycles. The molecule has 8 heteroatoms. The Kier molecular flexibility index (Phi) is 6.67. The Balaban J connectivity index is 1.61. The molecular weight excluding hydrogens is 459 g/mol. The largest absolute Gasteiger partial charge is 0.342 e. The molecule has 1 heterocycles. The zero-order valence-electron chi connectivity index (χ0n) is 18.1. The van der Waals surface area contributed by atoms with Gasteiger partial charge in [0.05, 0.1) is 27.7 Å². The van der Waals surface area contributed by atoms with Crippen molar-refractivity contribution < 1.29 is 9.59 Å². The highest BCUT2D eigenvalue weighted by molar-refractivity contribution is 6.36. The van der Waals surface area contributed by atoms with E-state index in [-0.39, 0.29) is 23.4 Å². The Morgan fingerprint density at radius 1 is 1.03 bits per heavy atom. The van der Waals surface area contributed by atoms with E-state index in [0.29, 0.717) is 16.4 Å². The van der Waals surface area contributed by atoms with Crippen LogP contribution in [0.4, 0.5) is 5.69 Å². The Morgan fingerprint density at radius 2 is 1.76 bits per heavy atom. The van der Waals surface area contributed by atoms with E-state index in [4.69, 9.17) is 23.2 Å². The molecule has 0 saturated heterocycles. The second-order valence-electron chi connectivity index (χ2n) is 7.73. The number of nitrogens with zero attached hydrogens (tertiary/aromatic N) is 2. The number of hydrogen-bond donors (Lipinski definition) is 2. The quantitative estimate of drug-likeness (QED) is 0.367. The molecule has 1 atom stereocenters. The van der Waals surface area contributed by atoms with Gasteiger partial charge in [-0.2, -0.15) is 0 Å². The van der Waals surface area contributed by atoms with Crippen molar-refractivity contribution in [1.82, 2.24) is 14.9 Å². The number of amides is 2. The zero-order valence-corrected chi connectivity index (χ0v) is 19.6. The number of nitrogens with one attached hydrogen (secondary N) is 2. The van der Waals surface area contributed by atoms with Crippen molar-refractivity contribution in [3.63, 3.8) is 0 Å². The van der Waals surface area contributed by atoms with Gasteiger partial charge in [0.15, 0.2) is 0 Å². The van der Waals surface area contributed by atoms with Crippen LogP contribution in [0, 0.1) is 6.92 Å². The third kappa shape index (κ3) is 5.02. The second-order valence-corrected chi connectivity index (χ2v) is 8.57. The minimum atomic E-state index is -0.483. The number of benzene rings is 3. The molecule has 33 heavy (non-hydrogen) atoms. The Morgan fingerprint density at radius 3 is 2.52 bits per heavy atom. The van der Waals surface area contributed by atoms with Gasteiger partial charge in [-0.3, -0.25) is 9.59 Å². The molecule has 3 aromatic carbocycles. The highest BCUT2D eigenvalue weighted by Crippen LogP contribution is 2.24. The van der Waals surface area contributed by atoms with Crippen LogP contribution < -0.4 is 10.6 Å². The van der Waals surface area contributed by atoms with Crippen LogP contribution in [0.25, 0.3) is 11.0 Å². The summed E-state index contributed by atoms with van der Waals surface area (Å²) in [6.45, 7) is 3.80. The molecule has 4 rings (SSSR count). The smallest absolute Gasteiger partial charge is 0.253 e. The highest BCUT2D eigenvalue weighted by atomic mass is 35.5. The number of carbonyl (C=O) groups excluding carboxylic acids is 2. The average molecular weight is 481 g/mol. The van der Waals surface area contributed by atoms with E-state index in [1.807, 2.05) is 66.9 Å². The summed E-state index contributed by atoms with van der Waals surface area (Å²) in [5.74, 6) is 0.0229.